The molecule has 0 saturated carbocycles. The predicted molar refractivity (Wildman–Crippen MR) is 91.9 cm³/mol. The standard InChI is InChI=1S/C17H23N3O2S/c1-2-3-8-18-15(21)12-6-7-14-13(11-12)19-16(22)17(23-14)20-9-4-5-10-20/h6-7,11,17H,2-5,8-10H2,1H3,(H,18,21)(H,19,22)/p+1. The summed E-state index contributed by atoms with van der Waals surface area (Å²) in [5.41, 5.74) is 1.37. The van der Waals surface area contributed by atoms with Gasteiger partial charge in [-0.15, -0.1) is 0 Å². The summed E-state index contributed by atoms with van der Waals surface area (Å²) in [4.78, 5) is 26.9. The highest BCUT2D eigenvalue weighted by Crippen LogP contribution is 2.34. The number of hydrogen-bond acceptors (Lipinski definition) is 3. The number of thioether (sulfide) groups is 1. The molecule has 2 amide bonds. The number of anilines is 1. The van der Waals surface area contributed by atoms with Crippen LogP contribution in [0.1, 0.15) is 43.0 Å². The quantitative estimate of drug-likeness (QED) is 0.711. The third-order valence-corrected chi connectivity index (χ3v) is 5.81. The molecule has 2 aliphatic rings. The Morgan fingerprint density at radius 1 is 1.39 bits per heavy atom. The van der Waals surface area contributed by atoms with Gasteiger partial charge in [0.15, 0.2) is 0 Å². The van der Waals surface area contributed by atoms with Gasteiger partial charge in [0, 0.05) is 29.8 Å². The van der Waals surface area contributed by atoms with E-state index in [-0.39, 0.29) is 17.2 Å². The van der Waals surface area contributed by atoms with Crippen molar-refractivity contribution in [2.24, 2.45) is 0 Å². The maximum absolute atomic E-state index is 12.4. The molecule has 1 fully saturated rings. The molecule has 0 aromatic heterocycles. The maximum atomic E-state index is 12.4. The summed E-state index contributed by atoms with van der Waals surface area (Å²) < 4.78 is 0. The number of hydrogen-bond donors (Lipinski definition) is 3. The molecule has 23 heavy (non-hydrogen) atoms. The molecule has 0 aliphatic carbocycles. The van der Waals surface area contributed by atoms with Crippen molar-refractivity contribution >= 4 is 29.3 Å². The van der Waals surface area contributed by atoms with Crippen molar-refractivity contribution in [1.82, 2.24) is 5.32 Å². The Hall–Kier alpha value is -1.53. The number of fused-ring (bicyclic) bond motifs is 1. The van der Waals surface area contributed by atoms with Gasteiger partial charge in [-0.05, 0) is 24.6 Å². The van der Waals surface area contributed by atoms with Gasteiger partial charge in [-0.3, -0.25) is 9.59 Å². The summed E-state index contributed by atoms with van der Waals surface area (Å²) in [5.74, 6) is -0.0178. The van der Waals surface area contributed by atoms with E-state index >= 15 is 0 Å². The van der Waals surface area contributed by atoms with Crippen molar-refractivity contribution < 1.29 is 14.5 Å². The Balaban J connectivity index is 1.70. The van der Waals surface area contributed by atoms with E-state index in [4.69, 9.17) is 0 Å². The van der Waals surface area contributed by atoms with E-state index in [0.717, 1.165) is 36.5 Å². The molecule has 0 bridgehead atoms. The average Bonchev–Trinajstić information content (AvgIpc) is 3.08. The van der Waals surface area contributed by atoms with E-state index < -0.39 is 0 Å². The average molecular weight is 334 g/mol. The Bertz CT molecular complexity index is 600. The number of likely N-dealkylation sites (tertiary alicyclic amines) is 1. The lowest BCUT2D eigenvalue weighted by atomic mass is 10.1. The van der Waals surface area contributed by atoms with Crippen LogP contribution in [0, 0.1) is 0 Å². The minimum atomic E-state index is -0.0761. The second kappa shape index (κ2) is 7.36. The fourth-order valence-corrected chi connectivity index (χ4v) is 4.30. The van der Waals surface area contributed by atoms with Gasteiger partial charge in [-0.1, -0.05) is 25.1 Å². The molecular formula is C17H24N3O2S+. The Morgan fingerprint density at radius 3 is 2.91 bits per heavy atom. The van der Waals surface area contributed by atoms with Gasteiger partial charge in [0.05, 0.1) is 18.8 Å². The summed E-state index contributed by atoms with van der Waals surface area (Å²) in [5, 5.41) is 5.84. The molecule has 5 nitrogen and oxygen atoms in total. The van der Waals surface area contributed by atoms with Gasteiger partial charge in [-0.2, -0.15) is 0 Å². The van der Waals surface area contributed by atoms with E-state index in [0.29, 0.717) is 12.1 Å². The molecule has 1 aromatic carbocycles. The van der Waals surface area contributed by atoms with Gasteiger partial charge >= 0.3 is 0 Å². The third kappa shape index (κ3) is 3.70. The van der Waals surface area contributed by atoms with Crippen LogP contribution in [-0.2, 0) is 4.79 Å². The first-order valence-corrected chi connectivity index (χ1v) is 9.31. The number of amides is 2. The van der Waals surface area contributed by atoms with Gasteiger partial charge in [0.1, 0.15) is 0 Å². The molecule has 2 heterocycles. The van der Waals surface area contributed by atoms with Crippen LogP contribution in [0.3, 0.4) is 0 Å². The summed E-state index contributed by atoms with van der Waals surface area (Å²) in [6.07, 6.45) is 4.42. The molecule has 124 valence electrons. The van der Waals surface area contributed by atoms with E-state index in [1.807, 2.05) is 12.1 Å². The lowest BCUT2D eigenvalue weighted by Gasteiger charge is -2.28. The first-order valence-electron chi connectivity index (χ1n) is 8.43. The number of rotatable bonds is 5. The van der Waals surface area contributed by atoms with Gasteiger partial charge in [0.25, 0.3) is 11.8 Å². The number of benzene rings is 1. The van der Waals surface area contributed by atoms with Gasteiger partial charge < -0.3 is 15.5 Å². The highest BCUT2D eigenvalue weighted by Gasteiger charge is 2.37. The largest absolute Gasteiger partial charge is 0.352 e. The van der Waals surface area contributed by atoms with Crippen LogP contribution >= 0.6 is 11.8 Å². The Labute approximate surface area is 141 Å². The second-order valence-corrected chi connectivity index (χ2v) is 7.32. The fraction of sp³-hybridized carbons (Fsp3) is 0.529. The summed E-state index contributed by atoms with van der Waals surface area (Å²) >= 11 is 1.62. The van der Waals surface area contributed by atoms with Crippen LogP contribution in [0.15, 0.2) is 23.1 Å². The van der Waals surface area contributed by atoms with Crippen LogP contribution in [0.25, 0.3) is 0 Å². The summed E-state index contributed by atoms with van der Waals surface area (Å²) in [6.45, 7) is 4.92. The van der Waals surface area contributed by atoms with Crippen LogP contribution in [0.2, 0.25) is 0 Å². The van der Waals surface area contributed by atoms with Gasteiger partial charge in [0.2, 0.25) is 5.37 Å². The van der Waals surface area contributed by atoms with Crippen LogP contribution in [-0.4, -0.2) is 36.8 Å². The van der Waals surface area contributed by atoms with Crippen molar-refractivity contribution in [1.29, 1.82) is 0 Å². The predicted octanol–water partition coefficient (Wildman–Crippen LogP) is 1.27. The van der Waals surface area contributed by atoms with E-state index in [9.17, 15) is 9.59 Å². The number of carbonyl (C=O) groups is 2. The lowest BCUT2D eigenvalue weighted by molar-refractivity contribution is -0.888. The normalized spacial score (nSPS) is 20.9. The minimum Gasteiger partial charge on any atom is -0.352 e. The minimum absolute atomic E-state index is 0.0583. The topological polar surface area (TPSA) is 62.6 Å². The maximum Gasteiger partial charge on any atom is 0.294 e. The number of carbonyl (C=O) groups excluding carboxylic acids is 2. The smallest absolute Gasteiger partial charge is 0.294 e. The van der Waals surface area contributed by atoms with Crippen molar-refractivity contribution in [3.63, 3.8) is 0 Å². The molecule has 1 aromatic rings. The molecule has 6 heteroatoms. The molecule has 3 N–H and O–H groups in total. The molecule has 1 saturated heterocycles. The molecule has 0 spiro atoms. The number of unbranched alkanes of at least 4 members (excludes halogenated alkanes) is 1. The van der Waals surface area contributed by atoms with E-state index in [2.05, 4.69) is 17.6 Å². The highest BCUT2D eigenvalue weighted by molar-refractivity contribution is 8.00. The van der Waals surface area contributed by atoms with Crippen LogP contribution < -0.4 is 15.5 Å². The third-order valence-electron chi connectivity index (χ3n) is 4.42. The number of nitrogens with one attached hydrogen (secondary N) is 3. The molecule has 1 unspecified atom stereocenters. The zero-order chi connectivity index (χ0) is 16.2. The zero-order valence-corrected chi connectivity index (χ0v) is 14.3. The SMILES string of the molecule is CCCCNC(=O)c1ccc2c(c1)NC(=O)C([NH+]1CCCC1)S2. The summed E-state index contributed by atoms with van der Waals surface area (Å²) in [6, 6.07) is 5.59. The second-order valence-electron chi connectivity index (χ2n) is 6.17. The monoisotopic (exact) mass is 334 g/mol. The Kier molecular flexibility index (Phi) is 5.23. The molecular weight excluding hydrogens is 310 g/mol. The van der Waals surface area contributed by atoms with Crippen LogP contribution in [0.5, 0.6) is 0 Å². The zero-order valence-electron chi connectivity index (χ0n) is 13.5. The molecule has 1 atom stereocenters. The molecule has 0 radical (unpaired) electrons. The Morgan fingerprint density at radius 2 is 2.17 bits per heavy atom. The van der Waals surface area contributed by atoms with Crippen molar-refractivity contribution in [3.8, 4) is 0 Å². The highest BCUT2D eigenvalue weighted by atomic mass is 32.2. The first kappa shape index (κ1) is 16.3. The van der Waals surface area contributed by atoms with E-state index in [1.54, 1.807) is 17.8 Å². The molecule has 2 aliphatic heterocycles. The van der Waals surface area contributed by atoms with Gasteiger partial charge in [-0.25, -0.2) is 0 Å². The summed E-state index contributed by atoms with van der Waals surface area (Å²) in [7, 11) is 0. The van der Waals surface area contributed by atoms with E-state index in [1.165, 1.54) is 17.7 Å². The fourth-order valence-electron chi connectivity index (χ4n) is 3.09. The molecule has 3 rings (SSSR count). The van der Waals surface area contributed by atoms with Crippen LogP contribution in [0.4, 0.5) is 5.69 Å². The number of quaternary nitrogens is 1. The van der Waals surface area contributed by atoms with Crippen molar-refractivity contribution in [2.75, 3.05) is 25.0 Å². The van der Waals surface area contributed by atoms with Crippen molar-refractivity contribution in [2.45, 2.75) is 42.9 Å². The van der Waals surface area contributed by atoms with Crippen molar-refractivity contribution in [3.05, 3.63) is 23.8 Å². The lowest BCUT2D eigenvalue weighted by Crippen LogP contribution is -3.14. The first-order chi connectivity index (χ1) is 11.2.